The van der Waals surface area contributed by atoms with Gasteiger partial charge in [-0.25, -0.2) is 5.01 Å². The second kappa shape index (κ2) is 7.83. The minimum atomic E-state index is -0.165. The highest BCUT2D eigenvalue weighted by atomic mass is 32.1. The molecule has 1 aliphatic heterocycles. The summed E-state index contributed by atoms with van der Waals surface area (Å²) in [4.78, 5) is 27.6. The third-order valence-electron chi connectivity index (χ3n) is 4.40. The zero-order chi connectivity index (χ0) is 18.7. The number of amides is 2. The minimum Gasteiger partial charge on any atom is -0.336 e. The molecule has 3 rings (SSSR count). The first-order valence-corrected chi connectivity index (χ1v) is 9.58. The maximum absolute atomic E-state index is 12.9. The number of hydrazone groups is 1. The second-order valence-corrected chi connectivity index (χ2v) is 7.69. The maximum Gasteiger partial charge on any atom is 0.262 e. The van der Waals surface area contributed by atoms with Crippen molar-refractivity contribution in [1.82, 2.24) is 9.91 Å². The van der Waals surface area contributed by atoms with E-state index in [1.54, 1.807) is 23.4 Å². The molecule has 0 spiro atoms. The average molecular weight is 369 g/mol. The molecule has 136 valence electrons. The lowest BCUT2D eigenvalue weighted by atomic mass is 10.0. The number of carbonyl (C=O) groups excluding carboxylic acids is 2. The number of hydrogen-bond acceptors (Lipinski definition) is 4. The van der Waals surface area contributed by atoms with Crippen LogP contribution in [0.15, 0.2) is 52.9 Å². The molecule has 0 radical (unpaired) electrons. The quantitative estimate of drug-likeness (QED) is 0.809. The van der Waals surface area contributed by atoms with E-state index in [9.17, 15) is 9.59 Å². The SMILES string of the molecule is CC(C)C(=O)N(C)CC(=O)N1N=C(c2cccs2)C[C@@H]1c1ccccc1. The van der Waals surface area contributed by atoms with Crippen molar-refractivity contribution in [2.24, 2.45) is 11.0 Å². The molecular weight excluding hydrogens is 346 g/mol. The molecular formula is C20H23N3O2S. The van der Waals surface area contributed by atoms with E-state index in [1.165, 1.54) is 4.90 Å². The summed E-state index contributed by atoms with van der Waals surface area (Å²) in [6.45, 7) is 3.69. The minimum absolute atomic E-state index is 0.0293. The number of benzene rings is 1. The van der Waals surface area contributed by atoms with Gasteiger partial charge in [-0.05, 0) is 17.0 Å². The van der Waals surface area contributed by atoms with Crippen LogP contribution >= 0.6 is 11.3 Å². The standard InChI is InChI=1S/C20H23N3O2S/c1-14(2)20(25)22(3)13-19(24)23-17(15-8-5-4-6-9-15)12-16(21-23)18-10-7-11-26-18/h4-11,14,17H,12-13H2,1-3H3/t17-/m1/s1. The van der Waals surface area contributed by atoms with E-state index in [0.717, 1.165) is 16.2 Å². The molecule has 26 heavy (non-hydrogen) atoms. The van der Waals surface area contributed by atoms with Gasteiger partial charge in [0.25, 0.3) is 5.91 Å². The van der Waals surface area contributed by atoms with Crippen LogP contribution in [0.25, 0.3) is 0 Å². The van der Waals surface area contributed by atoms with Crippen LogP contribution in [-0.4, -0.2) is 41.0 Å². The molecule has 2 aromatic rings. The Kier molecular flexibility index (Phi) is 5.52. The van der Waals surface area contributed by atoms with E-state index >= 15 is 0 Å². The Morgan fingerprint density at radius 2 is 1.96 bits per heavy atom. The van der Waals surface area contributed by atoms with Gasteiger partial charge in [0.1, 0.15) is 6.54 Å². The van der Waals surface area contributed by atoms with Gasteiger partial charge in [0.05, 0.1) is 16.6 Å². The van der Waals surface area contributed by atoms with Gasteiger partial charge >= 0.3 is 0 Å². The molecule has 0 fully saturated rings. The molecule has 1 atom stereocenters. The number of nitrogens with zero attached hydrogens (tertiary/aromatic N) is 3. The fourth-order valence-electron chi connectivity index (χ4n) is 3.06. The predicted octanol–water partition coefficient (Wildman–Crippen LogP) is 3.54. The van der Waals surface area contributed by atoms with Crippen molar-refractivity contribution in [3.63, 3.8) is 0 Å². The van der Waals surface area contributed by atoms with E-state index in [-0.39, 0.29) is 30.3 Å². The van der Waals surface area contributed by atoms with Crippen LogP contribution in [0.2, 0.25) is 0 Å². The van der Waals surface area contributed by atoms with Gasteiger partial charge in [-0.1, -0.05) is 50.2 Å². The third-order valence-corrected chi connectivity index (χ3v) is 5.32. The zero-order valence-electron chi connectivity index (χ0n) is 15.3. The van der Waals surface area contributed by atoms with E-state index in [1.807, 2.05) is 61.7 Å². The third kappa shape index (κ3) is 3.85. The summed E-state index contributed by atoms with van der Waals surface area (Å²) in [7, 11) is 1.66. The predicted molar refractivity (Wildman–Crippen MR) is 104 cm³/mol. The fourth-order valence-corrected chi connectivity index (χ4v) is 3.78. The summed E-state index contributed by atoms with van der Waals surface area (Å²) < 4.78 is 0. The smallest absolute Gasteiger partial charge is 0.262 e. The number of rotatable bonds is 5. The number of thiophene rings is 1. The van der Waals surface area contributed by atoms with Gasteiger partial charge < -0.3 is 4.90 Å². The first kappa shape index (κ1) is 18.3. The largest absolute Gasteiger partial charge is 0.336 e. The maximum atomic E-state index is 12.9. The van der Waals surface area contributed by atoms with Gasteiger partial charge in [0.15, 0.2) is 0 Å². The molecule has 0 saturated carbocycles. The van der Waals surface area contributed by atoms with Gasteiger partial charge in [0, 0.05) is 19.4 Å². The zero-order valence-corrected chi connectivity index (χ0v) is 16.1. The molecule has 2 heterocycles. The van der Waals surface area contributed by atoms with Crippen molar-refractivity contribution in [2.45, 2.75) is 26.3 Å². The van der Waals surface area contributed by atoms with Crippen LogP contribution in [0.1, 0.15) is 36.8 Å². The summed E-state index contributed by atoms with van der Waals surface area (Å²) in [5, 5.41) is 8.18. The Labute approximate surface area is 157 Å². The summed E-state index contributed by atoms with van der Waals surface area (Å²) >= 11 is 1.62. The highest BCUT2D eigenvalue weighted by molar-refractivity contribution is 7.12. The first-order valence-electron chi connectivity index (χ1n) is 8.70. The summed E-state index contributed by atoms with van der Waals surface area (Å²) in [6, 6.07) is 13.8. The van der Waals surface area contributed by atoms with Crippen LogP contribution in [0.4, 0.5) is 0 Å². The molecule has 0 saturated heterocycles. The summed E-state index contributed by atoms with van der Waals surface area (Å²) in [5.41, 5.74) is 1.97. The molecule has 0 N–H and O–H groups in total. The molecule has 1 aromatic carbocycles. The highest BCUT2D eigenvalue weighted by Crippen LogP contribution is 2.33. The van der Waals surface area contributed by atoms with Crippen molar-refractivity contribution in [3.8, 4) is 0 Å². The molecule has 6 heteroatoms. The van der Waals surface area contributed by atoms with Gasteiger partial charge in [-0.3, -0.25) is 9.59 Å². The van der Waals surface area contributed by atoms with E-state index in [0.29, 0.717) is 6.42 Å². The molecule has 0 aliphatic carbocycles. The van der Waals surface area contributed by atoms with E-state index in [4.69, 9.17) is 0 Å². The normalized spacial score (nSPS) is 16.7. The Bertz CT molecular complexity index is 800. The molecule has 1 aliphatic rings. The van der Waals surface area contributed by atoms with Gasteiger partial charge in [-0.15, -0.1) is 11.3 Å². The van der Waals surface area contributed by atoms with Crippen LogP contribution < -0.4 is 0 Å². The summed E-state index contributed by atoms with van der Waals surface area (Å²) in [5.74, 6) is -0.348. The van der Waals surface area contributed by atoms with Gasteiger partial charge in [0.2, 0.25) is 5.91 Å². The van der Waals surface area contributed by atoms with Gasteiger partial charge in [-0.2, -0.15) is 5.10 Å². The Morgan fingerprint density at radius 3 is 2.58 bits per heavy atom. The molecule has 0 bridgehead atoms. The van der Waals surface area contributed by atoms with Crippen molar-refractivity contribution >= 4 is 28.9 Å². The lowest BCUT2D eigenvalue weighted by Crippen LogP contribution is -2.40. The van der Waals surface area contributed by atoms with Crippen molar-refractivity contribution in [3.05, 3.63) is 58.3 Å². The molecule has 1 aromatic heterocycles. The number of likely N-dealkylation sites (N-methyl/N-ethyl adjacent to an activating group) is 1. The monoisotopic (exact) mass is 369 g/mol. The Hall–Kier alpha value is -2.47. The Morgan fingerprint density at radius 1 is 1.23 bits per heavy atom. The lowest BCUT2D eigenvalue weighted by Gasteiger charge is -2.25. The van der Waals surface area contributed by atoms with Crippen molar-refractivity contribution in [1.29, 1.82) is 0 Å². The van der Waals surface area contributed by atoms with Crippen molar-refractivity contribution in [2.75, 3.05) is 13.6 Å². The highest BCUT2D eigenvalue weighted by Gasteiger charge is 2.34. The van der Waals surface area contributed by atoms with Crippen LogP contribution in [-0.2, 0) is 9.59 Å². The topological polar surface area (TPSA) is 53.0 Å². The molecule has 2 amide bonds. The lowest BCUT2D eigenvalue weighted by molar-refractivity contribution is -0.142. The summed E-state index contributed by atoms with van der Waals surface area (Å²) in [6.07, 6.45) is 0.679. The Balaban J connectivity index is 1.84. The second-order valence-electron chi connectivity index (χ2n) is 6.74. The van der Waals surface area contributed by atoms with Crippen LogP contribution in [0, 0.1) is 5.92 Å². The first-order chi connectivity index (χ1) is 12.5. The number of hydrogen-bond donors (Lipinski definition) is 0. The van der Waals surface area contributed by atoms with Crippen LogP contribution in [0.3, 0.4) is 0 Å². The van der Waals surface area contributed by atoms with Crippen molar-refractivity contribution < 1.29 is 9.59 Å². The fraction of sp³-hybridized carbons (Fsp3) is 0.350. The van der Waals surface area contributed by atoms with Crippen LogP contribution in [0.5, 0.6) is 0 Å². The number of carbonyl (C=O) groups is 2. The van der Waals surface area contributed by atoms with E-state index < -0.39 is 0 Å². The molecule has 5 nitrogen and oxygen atoms in total. The average Bonchev–Trinajstić information content (AvgIpc) is 3.31. The van der Waals surface area contributed by atoms with E-state index in [2.05, 4.69) is 5.10 Å². The molecule has 0 unspecified atom stereocenters.